The minimum Gasteiger partial charge on any atom is -0.252 e. The molecule has 0 spiro atoms. The topological polar surface area (TPSA) is 30.0 Å². The summed E-state index contributed by atoms with van der Waals surface area (Å²) < 4.78 is 8.75. The van der Waals surface area contributed by atoms with Gasteiger partial charge in [0.25, 0.3) is 0 Å². The van der Waals surface area contributed by atoms with Gasteiger partial charge in [-0.2, -0.15) is 0 Å². The highest BCUT2D eigenvalue weighted by atomic mass is 32.2. The summed E-state index contributed by atoms with van der Waals surface area (Å²) in [6, 6.07) is 0.411. The Bertz CT molecular complexity index is 384. The molecule has 0 N–H and O–H groups in total. The number of hydrogen-bond donors (Lipinski definition) is 0. The first-order valence-corrected chi connectivity index (χ1v) is 12.5. The highest BCUT2D eigenvalue weighted by Crippen LogP contribution is 2.32. The summed E-state index contributed by atoms with van der Waals surface area (Å²) in [6.45, 7) is 16.1. The maximum Gasteiger partial charge on any atom is 0.342 e. The normalized spacial score (nSPS) is 17.7. The van der Waals surface area contributed by atoms with Gasteiger partial charge >= 0.3 is 6.03 Å². The van der Waals surface area contributed by atoms with Gasteiger partial charge in [0.2, 0.25) is 0 Å². The minimum atomic E-state index is 0.161. The molecule has 0 aromatic rings. The van der Waals surface area contributed by atoms with Crippen molar-refractivity contribution in [3.8, 4) is 0 Å². The molecule has 0 aromatic carbocycles. The molecule has 1 saturated heterocycles. The van der Waals surface area contributed by atoms with Crippen LogP contribution in [0.25, 0.3) is 0 Å². The number of amides is 2. The first-order chi connectivity index (χ1) is 13.1. The first-order valence-electron chi connectivity index (χ1n) is 11.0. The van der Waals surface area contributed by atoms with Crippen molar-refractivity contribution in [2.75, 3.05) is 32.7 Å². The Hall–Kier alpha value is -0.110. The molecule has 1 atom stereocenters. The molecule has 1 aliphatic rings. The largest absolute Gasteiger partial charge is 0.342 e. The van der Waals surface area contributed by atoms with E-state index < -0.39 is 0 Å². The van der Waals surface area contributed by atoms with Gasteiger partial charge < -0.3 is 0 Å². The van der Waals surface area contributed by atoms with Crippen molar-refractivity contribution in [1.82, 2.24) is 17.2 Å². The summed E-state index contributed by atoms with van der Waals surface area (Å²) in [6.07, 6.45) is 9.53. The smallest absolute Gasteiger partial charge is 0.252 e. The second kappa shape index (κ2) is 14.8. The van der Waals surface area contributed by atoms with Crippen molar-refractivity contribution >= 4 is 30.3 Å². The molecule has 27 heavy (non-hydrogen) atoms. The lowest BCUT2D eigenvalue weighted by Crippen LogP contribution is -2.33. The zero-order chi connectivity index (χ0) is 20.1. The van der Waals surface area contributed by atoms with Crippen LogP contribution in [0.2, 0.25) is 0 Å². The summed E-state index contributed by atoms with van der Waals surface area (Å²) in [5.74, 6) is 0. The average Bonchev–Trinajstić information content (AvgIpc) is 2.92. The van der Waals surface area contributed by atoms with Gasteiger partial charge in [-0.15, -0.1) is 0 Å². The quantitative estimate of drug-likeness (QED) is 0.285. The Morgan fingerprint density at radius 3 is 1.63 bits per heavy atom. The van der Waals surface area contributed by atoms with Crippen LogP contribution >= 0.6 is 24.3 Å². The third kappa shape index (κ3) is 9.29. The van der Waals surface area contributed by atoms with E-state index in [1.807, 2.05) is 8.61 Å². The fraction of sp³-hybridized carbons (Fsp3) is 0.950. The van der Waals surface area contributed by atoms with E-state index in [9.17, 15) is 4.79 Å². The molecule has 0 aliphatic carbocycles. The number of unbranched alkanes of at least 4 members (excludes halogenated alkanes) is 4. The lowest BCUT2D eigenvalue weighted by atomic mass is 10.3. The van der Waals surface area contributed by atoms with Crippen LogP contribution in [0.4, 0.5) is 4.79 Å². The van der Waals surface area contributed by atoms with E-state index in [2.05, 4.69) is 43.2 Å². The zero-order valence-corrected chi connectivity index (χ0v) is 19.9. The van der Waals surface area contributed by atoms with Crippen LogP contribution < -0.4 is 0 Å². The van der Waals surface area contributed by atoms with Crippen LogP contribution in [0.5, 0.6) is 0 Å². The van der Waals surface area contributed by atoms with Crippen LogP contribution in [0.3, 0.4) is 0 Å². The summed E-state index contributed by atoms with van der Waals surface area (Å²) in [5, 5.41) is 0. The molecule has 160 valence electrons. The zero-order valence-electron chi connectivity index (χ0n) is 18.3. The van der Waals surface area contributed by atoms with Crippen LogP contribution in [0.15, 0.2) is 0 Å². The molecule has 1 aliphatic heterocycles. The van der Waals surface area contributed by atoms with Crippen LogP contribution in [-0.2, 0) is 0 Å². The monoisotopic (exact) mass is 418 g/mol. The number of urea groups is 1. The van der Waals surface area contributed by atoms with Gasteiger partial charge in [0, 0.05) is 50.4 Å². The molecule has 1 rings (SSSR count). The summed E-state index contributed by atoms with van der Waals surface area (Å²) in [4.78, 5) is 13.0. The Labute approximate surface area is 177 Å². The Morgan fingerprint density at radius 2 is 1.22 bits per heavy atom. The molecule has 1 unspecified atom stereocenters. The van der Waals surface area contributed by atoms with E-state index in [0.717, 1.165) is 32.7 Å². The first kappa shape index (κ1) is 24.9. The van der Waals surface area contributed by atoms with Crippen LogP contribution in [-0.4, -0.2) is 62.0 Å². The minimum absolute atomic E-state index is 0.161. The van der Waals surface area contributed by atoms with Crippen molar-refractivity contribution in [2.24, 2.45) is 0 Å². The van der Waals surface area contributed by atoms with E-state index in [1.165, 1.54) is 51.4 Å². The van der Waals surface area contributed by atoms with Crippen molar-refractivity contribution in [3.63, 3.8) is 0 Å². The van der Waals surface area contributed by atoms with Crippen molar-refractivity contribution in [3.05, 3.63) is 0 Å². The standard InChI is InChI=1S/C20H42N4OS2/c1-6-10-14-21(15-11-7-2)26-23-18-19(5)24(20(23)25)27-22(16-12-8-3)17-13-9-4/h19H,6-18H2,1-5H3. The number of carbonyl (C=O) groups is 1. The Kier molecular flexibility index (Phi) is 13.7. The van der Waals surface area contributed by atoms with Gasteiger partial charge in [-0.1, -0.05) is 53.4 Å². The summed E-state index contributed by atoms with van der Waals surface area (Å²) >= 11 is 3.31. The van der Waals surface area contributed by atoms with E-state index >= 15 is 0 Å². The maximum atomic E-state index is 13.0. The van der Waals surface area contributed by atoms with Crippen molar-refractivity contribution < 1.29 is 4.79 Å². The average molecular weight is 419 g/mol. The highest BCUT2D eigenvalue weighted by Gasteiger charge is 2.38. The molecule has 1 heterocycles. The number of carbonyl (C=O) groups excluding carboxylic acids is 1. The van der Waals surface area contributed by atoms with Gasteiger partial charge in [0.05, 0.1) is 12.6 Å². The van der Waals surface area contributed by atoms with Crippen molar-refractivity contribution in [2.45, 2.75) is 92.0 Å². The number of rotatable bonds is 16. The van der Waals surface area contributed by atoms with E-state index in [-0.39, 0.29) is 12.1 Å². The molecule has 7 heteroatoms. The summed E-state index contributed by atoms with van der Waals surface area (Å²) in [5.41, 5.74) is 0. The molecule has 1 fully saturated rings. The van der Waals surface area contributed by atoms with Crippen molar-refractivity contribution in [1.29, 1.82) is 0 Å². The van der Waals surface area contributed by atoms with Crippen LogP contribution in [0.1, 0.15) is 86.0 Å². The van der Waals surface area contributed by atoms with Gasteiger partial charge in [-0.3, -0.25) is 4.31 Å². The predicted octanol–water partition coefficient (Wildman–Crippen LogP) is 6.04. The molecule has 0 saturated carbocycles. The SMILES string of the molecule is CCCCN(CCCC)SN1CC(C)N(SN(CCCC)CCCC)C1=O. The predicted molar refractivity (Wildman–Crippen MR) is 121 cm³/mol. The van der Waals surface area contributed by atoms with Gasteiger partial charge in [0.15, 0.2) is 0 Å². The lowest BCUT2D eigenvalue weighted by Gasteiger charge is -2.28. The molecule has 2 amide bonds. The van der Waals surface area contributed by atoms with E-state index in [1.54, 1.807) is 24.3 Å². The maximum absolute atomic E-state index is 13.0. The Balaban J connectivity index is 2.63. The third-order valence-electron chi connectivity index (χ3n) is 4.69. The fourth-order valence-corrected chi connectivity index (χ4v) is 5.12. The molecule has 0 bridgehead atoms. The Morgan fingerprint density at radius 1 is 0.815 bits per heavy atom. The van der Waals surface area contributed by atoms with Gasteiger partial charge in [-0.25, -0.2) is 17.7 Å². The second-order valence-electron chi connectivity index (χ2n) is 7.45. The molecular formula is C20H42N4OS2. The fourth-order valence-electron chi connectivity index (χ4n) is 2.86. The molecule has 0 aromatic heterocycles. The number of nitrogens with zero attached hydrogens (tertiary/aromatic N) is 4. The van der Waals surface area contributed by atoms with E-state index in [4.69, 9.17) is 0 Å². The number of hydrogen-bond acceptors (Lipinski definition) is 5. The lowest BCUT2D eigenvalue weighted by molar-refractivity contribution is 0.224. The van der Waals surface area contributed by atoms with Gasteiger partial charge in [0.1, 0.15) is 0 Å². The van der Waals surface area contributed by atoms with E-state index in [0.29, 0.717) is 0 Å². The molecular weight excluding hydrogens is 376 g/mol. The molecule has 0 radical (unpaired) electrons. The van der Waals surface area contributed by atoms with Gasteiger partial charge in [-0.05, 0) is 32.6 Å². The van der Waals surface area contributed by atoms with Crippen LogP contribution in [0, 0.1) is 0 Å². The summed E-state index contributed by atoms with van der Waals surface area (Å²) in [7, 11) is 0. The molecule has 5 nitrogen and oxygen atoms in total. The highest BCUT2D eigenvalue weighted by molar-refractivity contribution is 7.96. The second-order valence-corrected chi connectivity index (χ2v) is 9.65. The third-order valence-corrected chi connectivity index (χ3v) is 7.08.